The van der Waals surface area contributed by atoms with Crippen molar-refractivity contribution in [3.05, 3.63) is 58.7 Å². The Morgan fingerprint density at radius 1 is 0.853 bits per heavy atom. The molecule has 1 aliphatic carbocycles. The summed E-state index contributed by atoms with van der Waals surface area (Å²) in [7, 11) is 1.92. The normalized spacial score (nSPS) is 25.6. The van der Waals surface area contributed by atoms with Crippen molar-refractivity contribution in [3.8, 4) is 0 Å². The summed E-state index contributed by atoms with van der Waals surface area (Å²) >= 11 is 6.16. The van der Waals surface area contributed by atoms with Gasteiger partial charge in [-0.3, -0.25) is 9.59 Å². The average molecular weight is 475 g/mol. The number of aromatic nitrogens is 4. The van der Waals surface area contributed by atoms with Gasteiger partial charge in [-0.25, -0.2) is 0 Å². The van der Waals surface area contributed by atoms with E-state index >= 15 is 0 Å². The minimum Gasteiger partial charge on any atom is -0.340 e. The molecule has 1 saturated carbocycles. The molecule has 0 radical (unpaired) electrons. The first-order chi connectivity index (χ1) is 16.5. The Labute approximate surface area is 200 Å². The van der Waals surface area contributed by atoms with Crippen LogP contribution in [0, 0.1) is 23.7 Å². The number of carbonyl (C=O) groups is 2. The lowest BCUT2D eigenvalue weighted by molar-refractivity contribution is 0.0629. The van der Waals surface area contributed by atoms with E-state index in [1.165, 1.54) is 0 Å². The van der Waals surface area contributed by atoms with Crippen LogP contribution in [0.3, 0.4) is 0 Å². The molecule has 4 aromatic rings. The van der Waals surface area contributed by atoms with Crippen molar-refractivity contribution >= 4 is 45.4 Å². The van der Waals surface area contributed by atoms with Gasteiger partial charge in [-0.1, -0.05) is 17.7 Å². The first kappa shape index (κ1) is 20.0. The van der Waals surface area contributed by atoms with Gasteiger partial charge < -0.3 is 14.4 Å². The molecule has 1 N–H and O–H groups in total. The number of rotatable bonds is 2. The molecule has 3 aliphatic rings. The Kier molecular flexibility index (Phi) is 4.16. The fraction of sp³-hybridized carbons (Fsp3) is 0.360. The van der Waals surface area contributed by atoms with E-state index in [4.69, 9.17) is 11.6 Å². The molecule has 8 nitrogen and oxygen atoms in total. The Balaban J connectivity index is 1.06. The number of nitrogens with zero attached hydrogens (tertiary/aromatic N) is 5. The first-order valence-corrected chi connectivity index (χ1v) is 12.0. The third-order valence-corrected chi connectivity index (χ3v) is 8.52. The maximum atomic E-state index is 13.4. The number of aryl methyl sites for hydroxylation is 1. The van der Waals surface area contributed by atoms with E-state index in [1.54, 1.807) is 6.07 Å². The van der Waals surface area contributed by atoms with Crippen LogP contribution < -0.4 is 0 Å². The summed E-state index contributed by atoms with van der Waals surface area (Å²) in [4.78, 5) is 30.5. The van der Waals surface area contributed by atoms with Gasteiger partial charge in [-0.2, -0.15) is 15.4 Å². The molecule has 4 heterocycles. The number of halogens is 1. The van der Waals surface area contributed by atoms with E-state index < -0.39 is 0 Å². The van der Waals surface area contributed by atoms with Crippen molar-refractivity contribution in [2.75, 3.05) is 26.2 Å². The monoisotopic (exact) mass is 474 g/mol. The highest BCUT2D eigenvalue weighted by molar-refractivity contribution is 6.31. The molecule has 2 aromatic carbocycles. The molecule has 2 aliphatic heterocycles. The maximum Gasteiger partial charge on any atom is 0.270 e. The smallest absolute Gasteiger partial charge is 0.270 e. The van der Waals surface area contributed by atoms with Crippen LogP contribution in [0.5, 0.6) is 0 Å². The van der Waals surface area contributed by atoms with Crippen LogP contribution in [0.4, 0.5) is 0 Å². The lowest BCUT2D eigenvalue weighted by atomic mass is 9.60. The predicted octanol–water partition coefficient (Wildman–Crippen LogP) is 3.19. The van der Waals surface area contributed by atoms with Gasteiger partial charge in [0, 0.05) is 54.7 Å². The number of H-pyrrole nitrogens is 1. The van der Waals surface area contributed by atoms with E-state index in [2.05, 4.69) is 15.4 Å². The van der Waals surface area contributed by atoms with Crippen molar-refractivity contribution in [1.29, 1.82) is 0 Å². The summed E-state index contributed by atoms with van der Waals surface area (Å²) in [6.45, 7) is 3.05. The van der Waals surface area contributed by atoms with Crippen molar-refractivity contribution in [1.82, 2.24) is 29.8 Å². The molecule has 2 aromatic heterocycles. The zero-order valence-corrected chi connectivity index (χ0v) is 19.4. The van der Waals surface area contributed by atoms with E-state index in [0.29, 0.717) is 45.5 Å². The summed E-state index contributed by atoms with van der Waals surface area (Å²) in [5, 5.41) is 12.4. The van der Waals surface area contributed by atoms with Crippen LogP contribution in [-0.4, -0.2) is 67.8 Å². The standard InChI is InChI=1S/C25H23ClN6O2/c1-30-22-8-15(26)4-2-13(22)7-23(30)25(34)32-11-18-16-9-31(10-17(16)19(18)12-32)24(33)14-3-5-20-21(6-14)28-29-27-20/h2-8,16-19H,9-12H2,1H3,(H,27,28,29)/t16-,17+,18?,19?. The lowest BCUT2D eigenvalue weighted by Gasteiger charge is -2.42. The number of hydrogen-bond acceptors (Lipinski definition) is 4. The molecule has 172 valence electrons. The number of likely N-dealkylation sites (tertiary alicyclic amines) is 2. The van der Waals surface area contributed by atoms with Crippen LogP contribution in [0.1, 0.15) is 20.8 Å². The molecule has 0 bridgehead atoms. The lowest BCUT2D eigenvalue weighted by Crippen LogP contribution is -2.44. The molecular formula is C25H23ClN6O2. The summed E-state index contributed by atoms with van der Waals surface area (Å²) < 4.78 is 1.94. The molecule has 3 fully saturated rings. The second kappa shape index (κ2) is 7.06. The van der Waals surface area contributed by atoms with Gasteiger partial charge in [0.15, 0.2) is 0 Å². The number of fused-ring (bicyclic) bond motifs is 6. The molecular weight excluding hydrogens is 452 g/mol. The van der Waals surface area contributed by atoms with Crippen LogP contribution in [0.15, 0.2) is 42.5 Å². The highest BCUT2D eigenvalue weighted by Gasteiger charge is 2.59. The molecule has 7 rings (SSSR count). The Bertz CT molecular complexity index is 1470. The highest BCUT2D eigenvalue weighted by atomic mass is 35.5. The minimum absolute atomic E-state index is 0.0551. The van der Waals surface area contributed by atoms with E-state index in [0.717, 1.165) is 42.6 Å². The maximum absolute atomic E-state index is 13.4. The van der Waals surface area contributed by atoms with Crippen molar-refractivity contribution < 1.29 is 9.59 Å². The largest absolute Gasteiger partial charge is 0.340 e. The van der Waals surface area contributed by atoms with Gasteiger partial charge in [-0.05, 0) is 60.1 Å². The van der Waals surface area contributed by atoms with Gasteiger partial charge in [0.1, 0.15) is 16.7 Å². The third kappa shape index (κ3) is 2.78. The number of carbonyl (C=O) groups excluding carboxylic acids is 2. The van der Waals surface area contributed by atoms with Crippen LogP contribution in [-0.2, 0) is 7.05 Å². The molecule has 4 atom stereocenters. The SMILES string of the molecule is Cn1c(C(=O)N2CC3C(C2)[C@@H]2CN(C(=O)c4ccc5n[nH]nc5c4)C[C@H]32)cc2ccc(Cl)cc21. The summed E-state index contributed by atoms with van der Waals surface area (Å²) in [6.07, 6.45) is 0. The van der Waals surface area contributed by atoms with Gasteiger partial charge in [0.25, 0.3) is 11.8 Å². The van der Waals surface area contributed by atoms with Gasteiger partial charge in [-0.15, -0.1) is 0 Å². The minimum atomic E-state index is 0.0551. The average Bonchev–Trinajstić information content (AvgIpc) is 3.60. The predicted molar refractivity (Wildman–Crippen MR) is 128 cm³/mol. The van der Waals surface area contributed by atoms with Gasteiger partial charge in [0.2, 0.25) is 0 Å². The molecule has 0 spiro atoms. The van der Waals surface area contributed by atoms with Crippen LogP contribution in [0.25, 0.3) is 21.9 Å². The summed E-state index contributed by atoms with van der Waals surface area (Å²) in [5.74, 6) is 2.00. The second-order valence-electron chi connectivity index (χ2n) is 9.89. The summed E-state index contributed by atoms with van der Waals surface area (Å²) in [5.41, 5.74) is 3.78. The van der Waals surface area contributed by atoms with E-state index in [9.17, 15) is 9.59 Å². The zero-order valence-electron chi connectivity index (χ0n) is 18.6. The van der Waals surface area contributed by atoms with Crippen molar-refractivity contribution in [2.45, 2.75) is 0 Å². The first-order valence-electron chi connectivity index (χ1n) is 11.6. The third-order valence-electron chi connectivity index (χ3n) is 8.29. The van der Waals surface area contributed by atoms with E-state index in [-0.39, 0.29) is 11.8 Å². The fourth-order valence-corrected chi connectivity index (χ4v) is 6.70. The number of nitrogens with one attached hydrogen (secondary N) is 1. The van der Waals surface area contributed by atoms with Crippen molar-refractivity contribution in [2.24, 2.45) is 30.7 Å². The zero-order chi connectivity index (χ0) is 23.1. The van der Waals surface area contributed by atoms with Gasteiger partial charge >= 0.3 is 0 Å². The molecule has 2 unspecified atom stereocenters. The molecule has 2 amide bonds. The highest BCUT2D eigenvalue weighted by Crippen LogP contribution is 2.54. The number of amides is 2. The Hall–Kier alpha value is -3.39. The van der Waals surface area contributed by atoms with E-state index in [1.807, 2.05) is 57.8 Å². The van der Waals surface area contributed by atoms with Crippen molar-refractivity contribution in [3.63, 3.8) is 0 Å². The van der Waals surface area contributed by atoms with Crippen LogP contribution in [0.2, 0.25) is 5.02 Å². The Morgan fingerprint density at radius 3 is 2.21 bits per heavy atom. The van der Waals surface area contributed by atoms with Gasteiger partial charge in [0.05, 0.1) is 0 Å². The number of hydrogen-bond donors (Lipinski definition) is 1. The molecule has 9 heteroatoms. The quantitative estimate of drug-likeness (QED) is 0.483. The summed E-state index contributed by atoms with van der Waals surface area (Å²) in [6, 6.07) is 13.1. The number of benzene rings is 2. The molecule has 2 saturated heterocycles. The fourth-order valence-electron chi connectivity index (χ4n) is 6.53. The number of aromatic amines is 1. The van der Waals surface area contributed by atoms with Crippen LogP contribution >= 0.6 is 11.6 Å². The Morgan fingerprint density at radius 2 is 1.50 bits per heavy atom. The second-order valence-corrected chi connectivity index (χ2v) is 10.3. The topological polar surface area (TPSA) is 87.1 Å². The molecule has 34 heavy (non-hydrogen) atoms.